The molecule has 1 unspecified atom stereocenters. The van der Waals surface area contributed by atoms with Gasteiger partial charge in [0.1, 0.15) is 0 Å². The highest BCUT2D eigenvalue weighted by Crippen LogP contribution is 2.43. The SMILES string of the molecule is C=C/C(=C\C=C(/C)c1cccn1C)c1c2ccccc2c(C(/C=C\C(=C)C(=C)/C=C\C=C(C)C)=C/C(C)CC)c2cc(-c3cccc(-c4ccccc4)c3)ccc12. The van der Waals surface area contributed by atoms with Gasteiger partial charge < -0.3 is 4.57 Å². The van der Waals surface area contributed by atoms with Crippen molar-refractivity contribution in [3.8, 4) is 22.3 Å². The molecule has 0 spiro atoms. The first-order valence-corrected chi connectivity index (χ1v) is 20.0. The van der Waals surface area contributed by atoms with Crippen LogP contribution in [0.4, 0.5) is 0 Å². The fourth-order valence-corrected chi connectivity index (χ4v) is 7.32. The largest absolute Gasteiger partial charge is 0.351 e. The van der Waals surface area contributed by atoms with E-state index in [-0.39, 0.29) is 0 Å². The minimum atomic E-state index is 0.354. The van der Waals surface area contributed by atoms with E-state index in [9.17, 15) is 0 Å². The van der Waals surface area contributed by atoms with E-state index in [1.807, 2.05) is 18.2 Å². The molecular weight excluding hydrogens is 687 g/mol. The molecule has 1 aromatic heterocycles. The van der Waals surface area contributed by atoms with E-state index in [0.29, 0.717) is 5.92 Å². The molecule has 0 saturated carbocycles. The molecule has 0 aliphatic rings. The number of fused-ring (bicyclic) bond motifs is 2. The lowest BCUT2D eigenvalue weighted by Crippen LogP contribution is -1.97. The summed E-state index contributed by atoms with van der Waals surface area (Å²) in [7, 11) is 2.09. The van der Waals surface area contributed by atoms with Gasteiger partial charge in [-0.15, -0.1) is 0 Å². The van der Waals surface area contributed by atoms with E-state index in [4.69, 9.17) is 0 Å². The van der Waals surface area contributed by atoms with Gasteiger partial charge in [-0.1, -0.05) is 185 Å². The second-order valence-electron chi connectivity index (χ2n) is 15.2. The summed E-state index contributed by atoms with van der Waals surface area (Å²) in [4.78, 5) is 0. The molecule has 0 bridgehead atoms. The number of aromatic nitrogens is 1. The molecular formula is C56H55N. The van der Waals surface area contributed by atoms with Gasteiger partial charge in [-0.25, -0.2) is 0 Å². The number of benzene rings is 5. The molecule has 0 aliphatic carbocycles. The van der Waals surface area contributed by atoms with Gasteiger partial charge in [0.15, 0.2) is 0 Å². The lowest BCUT2D eigenvalue weighted by molar-refractivity contribution is 0.700. The number of hydrogen-bond donors (Lipinski definition) is 0. The maximum atomic E-state index is 4.42. The highest BCUT2D eigenvalue weighted by molar-refractivity contribution is 6.18. The van der Waals surface area contributed by atoms with Gasteiger partial charge in [0, 0.05) is 18.9 Å². The van der Waals surface area contributed by atoms with Crippen LogP contribution in [-0.2, 0) is 7.05 Å². The van der Waals surface area contributed by atoms with Crippen LogP contribution in [0.15, 0.2) is 207 Å². The summed E-state index contributed by atoms with van der Waals surface area (Å²) < 4.78 is 2.16. The molecule has 57 heavy (non-hydrogen) atoms. The lowest BCUT2D eigenvalue weighted by Gasteiger charge is -2.20. The normalized spacial score (nSPS) is 13.1. The molecule has 6 aromatic rings. The number of nitrogens with zero attached hydrogens (tertiary/aromatic N) is 1. The molecule has 0 amide bonds. The zero-order valence-electron chi connectivity index (χ0n) is 34.5. The summed E-state index contributed by atoms with van der Waals surface area (Å²) in [5.74, 6) is 0.354. The van der Waals surface area contributed by atoms with Gasteiger partial charge in [0.2, 0.25) is 0 Å². The molecule has 1 heterocycles. The fraction of sp³-hybridized carbons (Fsp3) is 0.143. The molecule has 0 saturated heterocycles. The van der Waals surface area contributed by atoms with E-state index in [1.54, 1.807) is 0 Å². The maximum absolute atomic E-state index is 4.42. The minimum Gasteiger partial charge on any atom is -0.351 e. The smallest absolute Gasteiger partial charge is 0.0433 e. The Bertz CT molecular complexity index is 2640. The topological polar surface area (TPSA) is 4.93 Å². The Hall–Kier alpha value is -6.44. The highest BCUT2D eigenvalue weighted by Gasteiger charge is 2.19. The molecule has 1 atom stereocenters. The van der Waals surface area contributed by atoms with Crippen molar-refractivity contribution in [1.82, 2.24) is 4.57 Å². The summed E-state index contributed by atoms with van der Waals surface area (Å²) in [6.07, 6.45) is 22.5. The molecule has 1 heteroatoms. The average Bonchev–Trinajstić information content (AvgIpc) is 3.67. The Morgan fingerprint density at radius 2 is 1.23 bits per heavy atom. The highest BCUT2D eigenvalue weighted by atomic mass is 14.9. The molecule has 0 fully saturated rings. The van der Waals surface area contributed by atoms with Crippen LogP contribution in [0.3, 0.4) is 0 Å². The Labute approximate surface area is 341 Å². The molecule has 6 rings (SSSR count). The second kappa shape index (κ2) is 18.5. The van der Waals surface area contributed by atoms with Crippen molar-refractivity contribution in [3.05, 3.63) is 223 Å². The van der Waals surface area contributed by atoms with Crippen molar-refractivity contribution in [2.24, 2.45) is 13.0 Å². The Morgan fingerprint density at radius 1 is 0.614 bits per heavy atom. The van der Waals surface area contributed by atoms with Gasteiger partial charge in [0.25, 0.3) is 0 Å². The van der Waals surface area contributed by atoms with Gasteiger partial charge in [-0.05, 0) is 134 Å². The van der Waals surface area contributed by atoms with Crippen LogP contribution in [0, 0.1) is 5.92 Å². The summed E-state index contributed by atoms with van der Waals surface area (Å²) in [5.41, 5.74) is 14.7. The van der Waals surface area contributed by atoms with Crippen molar-refractivity contribution in [3.63, 3.8) is 0 Å². The van der Waals surface area contributed by atoms with Gasteiger partial charge in [0.05, 0.1) is 0 Å². The number of rotatable bonds is 14. The van der Waals surface area contributed by atoms with Crippen molar-refractivity contribution in [2.75, 3.05) is 0 Å². The van der Waals surface area contributed by atoms with Crippen molar-refractivity contribution < 1.29 is 0 Å². The third-order valence-electron chi connectivity index (χ3n) is 10.7. The predicted molar refractivity (Wildman–Crippen MR) is 253 cm³/mol. The molecule has 0 radical (unpaired) electrons. The zero-order valence-corrected chi connectivity index (χ0v) is 34.5. The average molecular weight is 742 g/mol. The van der Waals surface area contributed by atoms with E-state index in [1.165, 1.54) is 71.8 Å². The second-order valence-corrected chi connectivity index (χ2v) is 15.2. The third kappa shape index (κ3) is 9.34. The molecule has 0 N–H and O–H groups in total. The first-order valence-electron chi connectivity index (χ1n) is 20.0. The molecule has 0 aliphatic heterocycles. The van der Waals surface area contributed by atoms with Crippen LogP contribution in [0.1, 0.15) is 57.9 Å². The summed E-state index contributed by atoms with van der Waals surface area (Å²) in [6, 6.07) is 39.5. The van der Waals surface area contributed by atoms with Crippen molar-refractivity contribution >= 4 is 38.3 Å². The molecule has 1 nitrogen and oxygen atoms in total. The van der Waals surface area contributed by atoms with Crippen LogP contribution in [0.2, 0.25) is 0 Å². The first-order chi connectivity index (χ1) is 27.6. The minimum absolute atomic E-state index is 0.354. The van der Waals surface area contributed by atoms with Crippen molar-refractivity contribution in [1.29, 1.82) is 0 Å². The van der Waals surface area contributed by atoms with E-state index >= 15 is 0 Å². The van der Waals surface area contributed by atoms with E-state index < -0.39 is 0 Å². The third-order valence-corrected chi connectivity index (χ3v) is 10.7. The fourth-order valence-electron chi connectivity index (χ4n) is 7.32. The summed E-state index contributed by atoms with van der Waals surface area (Å²) in [5, 5.41) is 4.75. The Kier molecular flexibility index (Phi) is 13.0. The van der Waals surface area contributed by atoms with Gasteiger partial charge >= 0.3 is 0 Å². The number of aryl methyl sites for hydroxylation is 1. The van der Waals surface area contributed by atoms with E-state index in [0.717, 1.165) is 28.7 Å². The number of hydrogen-bond acceptors (Lipinski definition) is 0. The summed E-state index contributed by atoms with van der Waals surface area (Å²) >= 11 is 0. The van der Waals surface area contributed by atoms with Gasteiger partial charge in [-0.2, -0.15) is 0 Å². The predicted octanol–water partition coefficient (Wildman–Crippen LogP) is 16.0. The van der Waals surface area contributed by atoms with Crippen molar-refractivity contribution in [2.45, 2.75) is 41.0 Å². The van der Waals surface area contributed by atoms with Crippen LogP contribution in [-0.4, -0.2) is 4.57 Å². The first kappa shape index (κ1) is 40.2. The Balaban J connectivity index is 1.64. The zero-order chi connectivity index (χ0) is 40.5. The van der Waals surface area contributed by atoms with Crippen LogP contribution < -0.4 is 0 Å². The maximum Gasteiger partial charge on any atom is 0.0433 e. The monoisotopic (exact) mass is 741 g/mol. The molecule has 284 valence electrons. The van der Waals surface area contributed by atoms with Crippen LogP contribution >= 0.6 is 0 Å². The van der Waals surface area contributed by atoms with Gasteiger partial charge in [-0.3, -0.25) is 0 Å². The number of allylic oxidation sites excluding steroid dienone is 15. The summed E-state index contributed by atoms with van der Waals surface area (Å²) in [6.45, 7) is 24.0. The van der Waals surface area contributed by atoms with Crippen LogP contribution in [0.25, 0.3) is 60.5 Å². The standard InChI is InChI=1S/C56H55N/c1-10-40(5)36-49(32-29-42(7)41(6)21-17-20-39(3)4)56-51-27-16-15-26-50(51)55(44(11-2)31-30-43(8)54-28-19-35-57(54)9)52-34-33-48(38-53(52)56)47-25-18-24-46(37-47)45-22-13-12-14-23-45/h11-38,40H,2,6-7,10H2,1,3-5,8-9H3/b21-17-,32-29-,43-30+,44-31+,49-36+. The quantitative estimate of drug-likeness (QED) is 0.0774. The lowest BCUT2D eigenvalue weighted by atomic mass is 9.83. The van der Waals surface area contributed by atoms with Crippen LogP contribution in [0.5, 0.6) is 0 Å². The molecule has 5 aromatic carbocycles. The Morgan fingerprint density at radius 3 is 1.88 bits per heavy atom. The van der Waals surface area contributed by atoms with E-state index in [2.05, 4.69) is 218 Å².